The molecule has 1 saturated heterocycles. The maximum absolute atomic E-state index is 11.9. The van der Waals surface area contributed by atoms with Crippen LogP contribution in [0.3, 0.4) is 0 Å². The van der Waals surface area contributed by atoms with Crippen molar-refractivity contribution in [3.8, 4) is 0 Å². The second-order valence-electron chi connectivity index (χ2n) is 8.41. The average Bonchev–Trinajstić information content (AvgIpc) is 3.45. The van der Waals surface area contributed by atoms with Crippen LogP contribution in [-0.2, 0) is 23.1 Å². The molecule has 172 valence electrons. The summed E-state index contributed by atoms with van der Waals surface area (Å²) in [7, 11) is -0.960. The van der Waals surface area contributed by atoms with E-state index in [0.717, 1.165) is 28.5 Å². The van der Waals surface area contributed by atoms with Gasteiger partial charge in [0.1, 0.15) is 17.3 Å². The molecule has 4 rings (SSSR count). The molecule has 1 unspecified atom stereocenters. The molecule has 4 heterocycles. The molecule has 3 aromatic heterocycles. The number of sulfone groups is 1. The normalized spacial score (nSPS) is 18.3. The van der Waals surface area contributed by atoms with E-state index in [4.69, 9.17) is 16.6 Å². The van der Waals surface area contributed by atoms with Gasteiger partial charge in [-0.3, -0.25) is 14.7 Å². The Morgan fingerprint density at radius 1 is 1.31 bits per heavy atom. The van der Waals surface area contributed by atoms with E-state index in [9.17, 15) is 8.42 Å². The second-order valence-corrected chi connectivity index (χ2v) is 11.0. The van der Waals surface area contributed by atoms with Gasteiger partial charge >= 0.3 is 0 Å². The lowest BCUT2D eigenvalue weighted by Crippen LogP contribution is -2.23. The highest BCUT2D eigenvalue weighted by Crippen LogP contribution is 2.27. The van der Waals surface area contributed by atoms with E-state index < -0.39 is 9.84 Å². The van der Waals surface area contributed by atoms with Gasteiger partial charge in [-0.1, -0.05) is 0 Å². The van der Waals surface area contributed by atoms with E-state index in [1.165, 1.54) is 0 Å². The molecule has 1 aliphatic rings. The fourth-order valence-electron chi connectivity index (χ4n) is 4.06. The zero-order valence-corrected chi connectivity index (χ0v) is 20.3. The Balaban J connectivity index is 1.44. The Morgan fingerprint density at radius 3 is 2.75 bits per heavy atom. The number of hydrogen-bond acceptors (Lipinski definition) is 7. The lowest BCUT2D eigenvalue weighted by molar-refractivity contribution is 0.243. The molecular formula is C21H28N6O3S2. The van der Waals surface area contributed by atoms with Crippen LogP contribution in [0.2, 0.25) is 0 Å². The molecule has 0 spiro atoms. The Morgan fingerprint density at radius 2 is 2.09 bits per heavy atom. The smallest absolute Gasteiger partial charge is 0.217 e. The second kappa shape index (κ2) is 8.80. The van der Waals surface area contributed by atoms with Gasteiger partial charge in [-0.25, -0.2) is 13.1 Å². The zero-order valence-electron chi connectivity index (χ0n) is 18.7. The number of aromatic nitrogens is 5. The molecule has 32 heavy (non-hydrogen) atoms. The first-order chi connectivity index (χ1) is 15.1. The van der Waals surface area contributed by atoms with Crippen molar-refractivity contribution in [1.29, 1.82) is 0 Å². The minimum absolute atomic E-state index is 0.0775. The van der Waals surface area contributed by atoms with E-state index in [1.807, 2.05) is 56.8 Å². The molecule has 0 radical (unpaired) electrons. The molecule has 1 aliphatic heterocycles. The fourth-order valence-corrected chi connectivity index (χ4v) is 5.95. The molecular weight excluding hydrogens is 448 g/mol. The summed E-state index contributed by atoms with van der Waals surface area (Å²) in [4.78, 5) is 6.51. The van der Waals surface area contributed by atoms with Gasteiger partial charge < -0.3 is 4.42 Å². The predicted octanol–water partition coefficient (Wildman–Crippen LogP) is 3.27. The molecule has 0 amide bonds. The largest absolute Gasteiger partial charge is 0.462 e. The van der Waals surface area contributed by atoms with E-state index in [1.54, 1.807) is 4.68 Å². The maximum atomic E-state index is 11.9. The molecule has 0 saturated carbocycles. The number of aromatic amines is 1. The lowest BCUT2D eigenvalue weighted by Gasteiger charge is -2.18. The molecule has 0 aliphatic carbocycles. The summed E-state index contributed by atoms with van der Waals surface area (Å²) in [6.07, 6.45) is 4.30. The molecule has 9 nitrogen and oxygen atoms in total. The molecule has 0 bridgehead atoms. The third-order valence-corrected chi connectivity index (χ3v) is 7.77. The van der Waals surface area contributed by atoms with Crippen molar-refractivity contribution in [1.82, 2.24) is 29.4 Å². The van der Waals surface area contributed by atoms with Gasteiger partial charge in [0.05, 0.1) is 29.9 Å². The monoisotopic (exact) mass is 476 g/mol. The van der Waals surface area contributed by atoms with E-state index >= 15 is 0 Å². The van der Waals surface area contributed by atoms with Crippen LogP contribution in [0, 0.1) is 25.5 Å². The first-order valence-corrected chi connectivity index (χ1v) is 12.7. The van der Waals surface area contributed by atoms with Crippen LogP contribution in [0.4, 0.5) is 0 Å². The lowest BCUT2D eigenvalue weighted by atomic mass is 10.2. The van der Waals surface area contributed by atoms with Gasteiger partial charge in [0.15, 0.2) is 9.84 Å². The van der Waals surface area contributed by atoms with Crippen molar-refractivity contribution >= 4 is 34.2 Å². The van der Waals surface area contributed by atoms with Crippen molar-refractivity contribution in [2.24, 2.45) is 0 Å². The highest BCUT2D eigenvalue weighted by Gasteiger charge is 2.31. The van der Waals surface area contributed by atoms with Crippen LogP contribution in [0.15, 0.2) is 16.5 Å². The molecule has 11 heteroatoms. The van der Waals surface area contributed by atoms with Crippen LogP contribution in [0.25, 0.3) is 12.2 Å². The van der Waals surface area contributed by atoms with Gasteiger partial charge in [-0.15, -0.1) is 0 Å². The number of furan rings is 1. The highest BCUT2D eigenvalue weighted by molar-refractivity contribution is 7.91. The SMILES string of the molecule is Cc1ccc(/C=C/c2nc(=S)n(CN(C)Cc3c(C)nn(C4CCS(=O)(=O)C4)c3C)[nH]2)o1. The highest BCUT2D eigenvalue weighted by atomic mass is 32.2. The molecule has 0 aromatic carbocycles. The number of rotatable bonds is 7. The van der Waals surface area contributed by atoms with Gasteiger partial charge in [-0.2, -0.15) is 10.1 Å². The third kappa shape index (κ3) is 4.94. The Hall–Kier alpha value is -2.50. The Kier molecular flexibility index (Phi) is 6.24. The number of nitrogens with zero attached hydrogens (tertiary/aromatic N) is 5. The van der Waals surface area contributed by atoms with Crippen LogP contribution >= 0.6 is 12.2 Å². The summed E-state index contributed by atoms with van der Waals surface area (Å²) in [6.45, 7) is 7.07. The first-order valence-electron chi connectivity index (χ1n) is 10.5. The minimum Gasteiger partial charge on any atom is -0.462 e. The topological polar surface area (TPSA) is 102 Å². The summed E-state index contributed by atoms with van der Waals surface area (Å²) >= 11 is 5.40. The van der Waals surface area contributed by atoms with Gasteiger partial charge in [0, 0.05) is 17.8 Å². The maximum Gasteiger partial charge on any atom is 0.217 e. The van der Waals surface area contributed by atoms with Crippen molar-refractivity contribution < 1.29 is 12.8 Å². The molecule has 1 atom stereocenters. The van der Waals surface area contributed by atoms with Crippen molar-refractivity contribution in [2.75, 3.05) is 18.6 Å². The van der Waals surface area contributed by atoms with Crippen molar-refractivity contribution in [2.45, 2.75) is 46.4 Å². The van der Waals surface area contributed by atoms with Crippen molar-refractivity contribution in [3.05, 3.63) is 51.2 Å². The van der Waals surface area contributed by atoms with Gasteiger partial charge in [0.25, 0.3) is 0 Å². The summed E-state index contributed by atoms with van der Waals surface area (Å²) in [5.74, 6) is 2.67. The van der Waals surface area contributed by atoms with Crippen LogP contribution in [0.1, 0.15) is 46.8 Å². The fraction of sp³-hybridized carbons (Fsp3) is 0.476. The number of hydrogen-bond donors (Lipinski definition) is 1. The summed E-state index contributed by atoms with van der Waals surface area (Å²) < 4.78 is 33.5. The van der Waals surface area contributed by atoms with Crippen molar-refractivity contribution in [3.63, 3.8) is 0 Å². The quantitative estimate of drug-likeness (QED) is 0.522. The van der Waals surface area contributed by atoms with E-state index in [-0.39, 0.29) is 17.5 Å². The molecule has 1 N–H and O–H groups in total. The summed E-state index contributed by atoms with van der Waals surface area (Å²) in [5, 5.41) is 7.86. The number of nitrogens with one attached hydrogen (secondary N) is 1. The molecule has 1 fully saturated rings. The summed E-state index contributed by atoms with van der Waals surface area (Å²) in [5.41, 5.74) is 3.04. The first kappa shape index (κ1) is 22.7. The Bertz CT molecular complexity index is 1310. The average molecular weight is 477 g/mol. The molecule has 3 aromatic rings. The predicted molar refractivity (Wildman–Crippen MR) is 125 cm³/mol. The van der Waals surface area contributed by atoms with Gasteiger partial charge in [-0.05, 0) is 70.7 Å². The standard InChI is InChI=1S/C21H28N6O3S2/c1-14-5-6-18(30-14)7-8-20-22-21(31)26(24-20)13-25(4)11-19-15(2)23-27(16(19)3)17-9-10-32(28,29)12-17/h5-8,17H,9-13H2,1-4H3,(H,22,24,31)/b8-7+. The van der Waals surface area contributed by atoms with Crippen LogP contribution in [-0.4, -0.2) is 56.4 Å². The minimum atomic E-state index is -2.96. The summed E-state index contributed by atoms with van der Waals surface area (Å²) in [6, 6.07) is 3.73. The third-order valence-electron chi connectivity index (χ3n) is 5.70. The van der Waals surface area contributed by atoms with Crippen LogP contribution < -0.4 is 0 Å². The Labute approximate surface area is 192 Å². The zero-order chi connectivity index (χ0) is 23.0. The van der Waals surface area contributed by atoms with E-state index in [2.05, 4.69) is 20.1 Å². The number of H-pyrrole nitrogens is 1. The number of aryl methyl sites for hydroxylation is 2. The van der Waals surface area contributed by atoms with Crippen LogP contribution in [0.5, 0.6) is 0 Å². The van der Waals surface area contributed by atoms with Gasteiger partial charge in [0.2, 0.25) is 4.77 Å². The van der Waals surface area contributed by atoms with E-state index in [0.29, 0.717) is 30.2 Å².